The first-order valence-corrected chi connectivity index (χ1v) is 4.86. The number of rotatable bonds is 5. The molecule has 0 unspecified atom stereocenters. The average Bonchev–Trinajstić information content (AvgIpc) is 2.25. The molecule has 0 radical (unpaired) electrons. The Bertz CT molecular complexity index is 289. The first-order chi connectivity index (χ1) is 6.86. The van der Waals surface area contributed by atoms with Crippen LogP contribution in [0.4, 0.5) is 0 Å². The Morgan fingerprint density at radius 3 is 2.93 bits per heavy atom. The summed E-state index contributed by atoms with van der Waals surface area (Å²) in [5.41, 5.74) is 1.09. The zero-order valence-corrected chi connectivity index (χ0v) is 8.48. The molecule has 0 aliphatic rings. The van der Waals surface area contributed by atoms with Gasteiger partial charge in [0.1, 0.15) is 0 Å². The van der Waals surface area contributed by atoms with Gasteiger partial charge in [-0.1, -0.05) is 13.0 Å². The topological polar surface area (TPSA) is 39.9 Å². The monoisotopic (exact) mass is 189 g/mol. The second kappa shape index (κ2) is 6.11. The number of likely N-dealkylation sites (N-methyl/N-ethyl adjacent to an activating group) is 1. The molecule has 74 valence electrons. The zero-order valence-electron chi connectivity index (χ0n) is 8.48. The maximum absolute atomic E-state index is 8.56. The van der Waals surface area contributed by atoms with Gasteiger partial charge in [0.05, 0.1) is 12.6 Å². The molecule has 0 fully saturated rings. The summed E-state index contributed by atoms with van der Waals surface area (Å²) in [5, 5.41) is 8.56. The quantitative estimate of drug-likeness (QED) is 0.658. The normalized spacial score (nSPS) is 10.1. The minimum absolute atomic E-state index is 0.503. The van der Waals surface area contributed by atoms with Crippen molar-refractivity contribution in [3.63, 3.8) is 0 Å². The molecule has 0 saturated heterocycles. The van der Waals surface area contributed by atoms with Crippen LogP contribution in [0.5, 0.6) is 0 Å². The molecule has 1 aromatic rings. The van der Waals surface area contributed by atoms with Crippen LogP contribution in [0.15, 0.2) is 24.4 Å². The molecule has 0 spiro atoms. The Hall–Kier alpha value is -1.40. The van der Waals surface area contributed by atoms with Gasteiger partial charge in [-0.05, 0) is 18.7 Å². The second-order valence-electron chi connectivity index (χ2n) is 3.10. The fourth-order valence-electron chi connectivity index (χ4n) is 1.27. The van der Waals surface area contributed by atoms with Crippen molar-refractivity contribution in [1.29, 1.82) is 5.26 Å². The van der Waals surface area contributed by atoms with E-state index in [9.17, 15) is 0 Å². The molecule has 3 nitrogen and oxygen atoms in total. The van der Waals surface area contributed by atoms with E-state index in [1.807, 2.05) is 18.2 Å². The van der Waals surface area contributed by atoms with Crippen molar-refractivity contribution in [2.24, 2.45) is 0 Å². The highest BCUT2D eigenvalue weighted by Gasteiger charge is 2.01. The number of hydrogen-bond acceptors (Lipinski definition) is 3. The van der Waals surface area contributed by atoms with E-state index in [4.69, 9.17) is 5.26 Å². The Balaban J connectivity index is 2.36. The molecule has 1 rings (SSSR count). The van der Waals surface area contributed by atoms with Crippen molar-refractivity contribution < 1.29 is 0 Å². The van der Waals surface area contributed by atoms with E-state index in [2.05, 4.69) is 22.9 Å². The zero-order chi connectivity index (χ0) is 10.2. The predicted molar refractivity (Wildman–Crippen MR) is 55.7 cm³/mol. The SMILES string of the molecule is CCN(CC#N)CCc1ccccn1. The Morgan fingerprint density at radius 1 is 1.50 bits per heavy atom. The molecular weight excluding hydrogens is 174 g/mol. The van der Waals surface area contributed by atoms with Crippen LogP contribution < -0.4 is 0 Å². The van der Waals surface area contributed by atoms with E-state index in [1.54, 1.807) is 6.20 Å². The molecule has 0 amide bonds. The lowest BCUT2D eigenvalue weighted by atomic mass is 10.2. The number of hydrogen-bond donors (Lipinski definition) is 0. The van der Waals surface area contributed by atoms with Gasteiger partial charge < -0.3 is 0 Å². The molecular formula is C11H15N3. The molecule has 0 aliphatic heterocycles. The molecule has 0 aromatic carbocycles. The van der Waals surface area contributed by atoms with Gasteiger partial charge in [0.2, 0.25) is 0 Å². The lowest BCUT2D eigenvalue weighted by Gasteiger charge is -2.15. The Labute approximate surface area is 85.0 Å². The van der Waals surface area contributed by atoms with Crippen molar-refractivity contribution in [2.45, 2.75) is 13.3 Å². The van der Waals surface area contributed by atoms with E-state index in [-0.39, 0.29) is 0 Å². The van der Waals surface area contributed by atoms with Crippen LogP contribution in [-0.4, -0.2) is 29.5 Å². The molecule has 0 aliphatic carbocycles. The Morgan fingerprint density at radius 2 is 2.36 bits per heavy atom. The first kappa shape index (κ1) is 10.7. The smallest absolute Gasteiger partial charge is 0.0866 e. The maximum atomic E-state index is 8.56. The van der Waals surface area contributed by atoms with Crippen molar-refractivity contribution >= 4 is 0 Å². The third-order valence-corrected chi connectivity index (χ3v) is 2.15. The van der Waals surface area contributed by atoms with E-state index in [0.29, 0.717) is 6.54 Å². The summed E-state index contributed by atoms with van der Waals surface area (Å²) >= 11 is 0. The van der Waals surface area contributed by atoms with E-state index < -0.39 is 0 Å². The summed E-state index contributed by atoms with van der Waals surface area (Å²) in [4.78, 5) is 6.34. The molecule has 0 saturated carbocycles. The average molecular weight is 189 g/mol. The second-order valence-corrected chi connectivity index (χ2v) is 3.10. The summed E-state index contributed by atoms with van der Waals surface area (Å²) in [6.07, 6.45) is 2.71. The lowest BCUT2D eigenvalue weighted by molar-refractivity contribution is 0.325. The van der Waals surface area contributed by atoms with Gasteiger partial charge in [0.25, 0.3) is 0 Å². The molecule has 0 atom stereocenters. The van der Waals surface area contributed by atoms with Crippen molar-refractivity contribution in [3.8, 4) is 6.07 Å². The molecule has 1 heterocycles. The van der Waals surface area contributed by atoms with Crippen LogP contribution in [0.1, 0.15) is 12.6 Å². The minimum atomic E-state index is 0.503. The van der Waals surface area contributed by atoms with Crippen LogP contribution in [-0.2, 0) is 6.42 Å². The summed E-state index contributed by atoms with van der Waals surface area (Å²) in [6, 6.07) is 8.08. The van der Waals surface area contributed by atoms with Crippen LogP contribution in [0, 0.1) is 11.3 Å². The van der Waals surface area contributed by atoms with Crippen molar-refractivity contribution in [1.82, 2.24) is 9.88 Å². The van der Waals surface area contributed by atoms with Crippen LogP contribution >= 0.6 is 0 Å². The summed E-state index contributed by atoms with van der Waals surface area (Å²) in [7, 11) is 0. The third kappa shape index (κ3) is 3.55. The molecule has 0 N–H and O–H groups in total. The highest BCUT2D eigenvalue weighted by atomic mass is 15.1. The number of nitriles is 1. The fourth-order valence-corrected chi connectivity index (χ4v) is 1.27. The minimum Gasteiger partial charge on any atom is -0.290 e. The molecule has 14 heavy (non-hydrogen) atoms. The molecule has 1 aromatic heterocycles. The summed E-state index contributed by atoms with van der Waals surface area (Å²) in [6.45, 7) is 4.39. The summed E-state index contributed by atoms with van der Waals surface area (Å²) < 4.78 is 0. The highest BCUT2D eigenvalue weighted by molar-refractivity contribution is 5.03. The number of nitrogens with zero attached hydrogens (tertiary/aromatic N) is 3. The predicted octanol–water partition coefficient (Wildman–Crippen LogP) is 1.47. The molecule has 3 heteroatoms. The van der Waals surface area contributed by atoms with Gasteiger partial charge in [-0.15, -0.1) is 0 Å². The maximum Gasteiger partial charge on any atom is 0.0866 e. The van der Waals surface area contributed by atoms with Gasteiger partial charge in [-0.3, -0.25) is 9.88 Å². The highest BCUT2D eigenvalue weighted by Crippen LogP contribution is 1.97. The van der Waals surface area contributed by atoms with Crippen molar-refractivity contribution in [2.75, 3.05) is 19.6 Å². The van der Waals surface area contributed by atoms with Crippen LogP contribution in [0.25, 0.3) is 0 Å². The standard InChI is InChI=1S/C11H15N3/c1-2-14(10-7-12)9-6-11-5-3-4-8-13-11/h3-5,8H,2,6,9-10H2,1H3. The van der Waals surface area contributed by atoms with Gasteiger partial charge in [-0.25, -0.2) is 0 Å². The van der Waals surface area contributed by atoms with Gasteiger partial charge in [-0.2, -0.15) is 5.26 Å². The fraction of sp³-hybridized carbons (Fsp3) is 0.455. The van der Waals surface area contributed by atoms with Crippen molar-refractivity contribution in [3.05, 3.63) is 30.1 Å². The lowest BCUT2D eigenvalue weighted by Crippen LogP contribution is -2.26. The third-order valence-electron chi connectivity index (χ3n) is 2.15. The van der Waals surface area contributed by atoms with E-state index >= 15 is 0 Å². The van der Waals surface area contributed by atoms with Gasteiger partial charge in [0, 0.05) is 24.9 Å². The number of pyridine rings is 1. The largest absolute Gasteiger partial charge is 0.290 e. The first-order valence-electron chi connectivity index (χ1n) is 4.86. The molecule has 0 bridgehead atoms. The van der Waals surface area contributed by atoms with Gasteiger partial charge in [0.15, 0.2) is 0 Å². The van der Waals surface area contributed by atoms with Gasteiger partial charge >= 0.3 is 0 Å². The van der Waals surface area contributed by atoms with E-state index in [1.165, 1.54) is 0 Å². The van der Waals surface area contributed by atoms with Crippen LogP contribution in [0.2, 0.25) is 0 Å². The summed E-state index contributed by atoms with van der Waals surface area (Å²) in [5.74, 6) is 0. The number of aromatic nitrogens is 1. The van der Waals surface area contributed by atoms with E-state index in [0.717, 1.165) is 25.2 Å². The van der Waals surface area contributed by atoms with Crippen LogP contribution in [0.3, 0.4) is 0 Å². The Kier molecular flexibility index (Phi) is 4.66.